The van der Waals surface area contributed by atoms with Gasteiger partial charge in [-0.25, -0.2) is 0 Å². The van der Waals surface area contributed by atoms with Crippen LogP contribution in [0, 0.1) is 11.8 Å². The number of hydrogen-bond acceptors (Lipinski definition) is 3. The summed E-state index contributed by atoms with van der Waals surface area (Å²) in [6.07, 6.45) is 5.75. The van der Waals surface area contributed by atoms with E-state index in [4.69, 9.17) is 12.2 Å². The Hall–Kier alpha value is 0.200. The molecule has 1 aliphatic carbocycles. The second-order valence-corrected chi connectivity index (χ2v) is 7.66. The van der Waals surface area contributed by atoms with Gasteiger partial charge in [-0.15, -0.1) is 0 Å². The Balaban J connectivity index is 1.73. The minimum absolute atomic E-state index is 0.917. The molecule has 0 unspecified atom stereocenters. The van der Waals surface area contributed by atoms with E-state index in [-0.39, 0.29) is 0 Å². The van der Waals surface area contributed by atoms with Crippen molar-refractivity contribution in [3.8, 4) is 0 Å². The lowest BCUT2D eigenvalue weighted by Gasteiger charge is -2.25. The Morgan fingerprint density at radius 2 is 1.63 bits per heavy atom. The summed E-state index contributed by atoms with van der Waals surface area (Å²) in [5, 5.41) is 0. The van der Waals surface area contributed by atoms with Gasteiger partial charge < -0.3 is 9.80 Å². The first-order chi connectivity index (χ1) is 9.22. The van der Waals surface area contributed by atoms with Crippen molar-refractivity contribution in [1.82, 2.24) is 9.80 Å². The van der Waals surface area contributed by atoms with Crippen molar-refractivity contribution in [2.24, 2.45) is 11.8 Å². The quantitative estimate of drug-likeness (QED) is 0.717. The maximum absolute atomic E-state index is 5.66. The Bertz CT molecular complexity index is 270. The summed E-state index contributed by atoms with van der Waals surface area (Å²) in [6.45, 7) is 10.4. The minimum atomic E-state index is 0.917. The number of hydrogen-bond donors (Lipinski definition) is 0. The standard InChI is InChI=1S/C15H28N2S2/c1-3-16(4-2)9-10-19-15(18)17-11-13-5-6-14(12-17)8-7-13/h13-14H,3-12H2,1-2H3. The molecule has 2 heterocycles. The first kappa shape index (κ1) is 15.6. The average Bonchev–Trinajstić information content (AvgIpc) is 2.77. The highest BCUT2D eigenvalue weighted by molar-refractivity contribution is 8.22. The lowest BCUT2D eigenvalue weighted by atomic mass is 9.84. The molecule has 19 heavy (non-hydrogen) atoms. The zero-order chi connectivity index (χ0) is 13.7. The van der Waals surface area contributed by atoms with Gasteiger partial charge in [-0.2, -0.15) is 0 Å². The molecule has 2 saturated heterocycles. The number of thioether (sulfide) groups is 1. The predicted octanol–water partition coefficient (Wildman–Crippen LogP) is 3.47. The molecular formula is C15H28N2S2. The van der Waals surface area contributed by atoms with Gasteiger partial charge in [0.2, 0.25) is 0 Å². The SMILES string of the molecule is CCN(CC)CCSC(=S)N1CC2CCC(CC2)C1. The van der Waals surface area contributed by atoms with E-state index in [2.05, 4.69) is 23.6 Å². The van der Waals surface area contributed by atoms with E-state index in [0.717, 1.165) is 35.0 Å². The molecule has 110 valence electrons. The van der Waals surface area contributed by atoms with Crippen LogP contribution in [0.3, 0.4) is 0 Å². The lowest BCUT2D eigenvalue weighted by molar-refractivity contribution is 0.324. The van der Waals surface area contributed by atoms with Crippen LogP contribution in [0.15, 0.2) is 0 Å². The molecule has 3 fully saturated rings. The van der Waals surface area contributed by atoms with Gasteiger partial charge in [0.15, 0.2) is 0 Å². The van der Waals surface area contributed by atoms with Crippen LogP contribution in [0.2, 0.25) is 0 Å². The second kappa shape index (κ2) is 7.84. The zero-order valence-electron chi connectivity index (χ0n) is 12.4. The van der Waals surface area contributed by atoms with Crippen LogP contribution in [0.25, 0.3) is 0 Å². The lowest BCUT2D eigenvalue weighted by Crippen LogP contribution is -2.33. The van der Waals surface area contributed by atoms with E-state index in [9.17, 15) is 0 Å². The van der Waals surface area contributed by atoms with E-state index < -0.39 is 0 Å². The fourth-order valence-corrected chi connectivity index (χ4v) is 4.59. The Kier molecular flexibility index (Phi) is 6.43. The third-order valence-corrected chi connectivity index (χ3v) is 6.21. The van der Waals surface area contributed by atoms with Gasteiger partial charge >= 0.3 is 0 Å². The van der Waals surface area contributed by atoms with Gasteiger partial charge in [0, 0.05) is 25.4 Å². The highest BCUT2D eigenvalue weighted by Gasteiger charge is 2.30. The highest BCUT2D eigenvalue weighted by Crippen LogP contribution is 2.34. The van der Waals surface area contributed by atoms with Crippen LogP contribution in [0.1, 0.15) is 39.5 Å². The van der Waals surface area contributed by atoms with E-state index >= 15 is 0 Å². The maximum Gasteiger partial charge on any atom is 0.136 e. The van der Waals surface area contributed by atoms with Crippen LogP contribution in [-0.4, -0.2) is 52.6 Å². The number of rotatable bonds is 5. The van der Waals surface area contributed by atoms with Gasteiger partial charge in [-0.05, 0) is 50.6 Å². The molecule has 0 atom stereocenters. The number of thiocarbonyl (C=S) groups is 1. The third kappa shape index (κ3) is 4.61. The Morgan fingerprint density at radius 1 is 1.11 bits per heavy atom. The fraction of sp³-hybridized carbons (Fsp3) is 0.933. The molecule has 0 aromatic heterocycles. The van der Waals surface area contributed by atoms with E-state index in [1.807, 2.05) is 11.8 Å². The Labute approximate surface area is 128 Å². The summed E-state index contributed by atoms with van der Waals surface area (Å²) in [6, 6.07) is 0. The van der Waals surface area contributed by atoms with Crippen molar-refractivity contribution in [1.29, 1.82) is 0 Å². The average molecular weight is 301 g/mol. The van der Waals surface area contributed by atoms with Crippen LogP contribution in [-0.2, 0) is 0 Å². The normalized spacial score (nSPS) is 26.8. The van der Waals surface area contributed by atoms with Gasteiger partial charge in [0.1, 0.15) is 4.32 Å². The molecule has 0 N–H and O–H groups in total. The summed E-state index contributed by atoms with van der Waals surface area (Å²) >= 11 is 7.56. The van der Waals surface area contributed by atoms with Gasteiger partial charge in [-0.1, -0.05) is 37.8 Å². The Morgan fingerprint density at radius 3 is 2.11 bits per heavy atom. The molecule has 2 aliphatic heterocycles. The molecule has 0 spiro atoms. The molecule has 0 aromatic rings. The summed E-state index contributed by atoms with van der Waals surface area (Å²) < 4.78 is 1.16. The third-order valence-electron chi connectivity index (χ3n) is 4.71. The first-order valence-electron chi connectivity index (χ1n) is 7.87. The summed E-state index contributed by atoms with van der Waals surface area (Å²) in [4.78, 5) is 4.99. The monoisotopic (exact) mass is 300 g/mol. The molecule has 0 aromatic carbocycles. The van der Waals surface area contributed by atoms with E-state index in [1.165, 1.54) is 45.3 Å². The molecule has 3 aliphatic rings. The van der Waals surface area contributed by atoms with Crippen LogP contribution >= 0.6 is 24.0 Å². The van der Waals surface area contributed by atoms with Gasteiger partial charge in [-0.3, -0.25) is 0 Å². The van der Waals surface area contributed by atoms with Gasteiger partial charge in [0.05, 0.1) is 0 Å². The van der Waals surface area contributed by atoms with Crippen molar-refractivity contribution >= 4 is 28.3 Å². The molecule has 0 amide bonds. The zero-order valence-corrected chi connectivity index (χ0v) is 14.1. The smallest absolute Gasteiger partial charge is 0.136 e. The van der Waals surface area contributed by atoms with E-state index in [1.54, 1.807) is 0 Å². The highest BCUT2D eigenvalue weighted by atomic mass is 32.2. The van der Waals surface area contributed by atoms with Crippen LogP contribution in [0.4, 0.5) is 0 Å². The molecular weight excluding hydrogens is 272 g/mol. The van der Waals surface area contributed by atoms with Crippen molar-refractivity contribution in [3.63, 3.8) is 0 Å². The van der Waals surface area contributed by atoms with Crippen molar-refractivity contribution in [3.05, 3.63) is 0 Å². The van der Waals surface area contributed by atoms with Gasteiger partial charge in [0.25, 0.3) is 0 Å². The van der Waals surface area contributed by atoms with Crippen LogP contribution in [0.5, 0.6) is 0 Å². The molecule has 0 radical (unpaired) electrons. The molecule has 1 saturated carbocycles. The summed E-state index contributed by atoms with van der Waals surface area (Å²) in [5.41, 5.74) is 0. The van der Waals surface area contributed by atoms with Crippen LogP contribution < -0.4 is 0 Å². The number of fused-ring (bicyclic) bond motifs is 4. The summed E-state index contributed by atoms with van der Waals surface area (Å²) in [5.74, 6) is 2.98. The minimum Gasteiger partial charge on any atom is -0.357 e. The molecule has 2 nitrogen and oxygen atoms in total. The maximum atomic E-state index is 5.66. The fourth-order valence-electron chi connectivity index (χ4n) is 3.34. The molecule has 2 bridgehead atoms. The van der Waals surface area contributed by atoms with Crippen molar-refractivity contribution in [2.45, 2.75) is 39.5 Å². The molecule has 3 rings (SSSR count). The number of nitrogens with zero attached hydrogens (tertiary/aromatic N) is 2. The second-order valence-electron chi connectivity index (χ2n) is 5.93. The molecule has 4 heteroatoms. The largest absolute Gasteiger partial charge is 0.357 e. The van der Waals surface area contributed by atoms with E-state index in [0.29, 0.717) is 0 Å². The van der Waals surface area contributed by atoms with Crippen molar-refractivity contribution in [2.75, 3.05) is 38.5 Å². The topological polar surface area (TPSA) is 6.48 Å². The first-order valence-corrected chi connectivity index (χ1v) is 9.26. The predicted molar refractivity (Wildman–Crippen MR) is 89.9 cm³/mol. The van der Waals surface area contributed by atoms with Crippen molar-refractivity contribution < 1.29 is 0 Å². The summed E-state index contributed by atoms with van der Waals surface area (Å²) in [7, 11) is 0.